The molecule has 2 aliphatic rings. The molecule has 0 amide bonds. The molecule has 0 bridgehead atoms. The van der Waals surface area contributed by atoms with Gasteiger partial charge in [0, 0.05) is 12.1 Å². The molecule has 0 radical (unpaired) electrons. The summed E-state index contributed by atoms with van der Waals surface area (Å²) in [6.45, 7) is 5.82. The van der Waals surface area contributed by atoms with Crippen LogP contribution in [-0.2, 0) is 0 Å². The maximum absolute atomic E-state index is 9.44. The van der Waals surface area contributed by atoms with E-state index >= 15 is 0 Å². The topological polar surface area (TPSA) is 27.0 Å². The molecule has 0 aromatic rings. The van der Waals surface area contributed by atoms with Crippen LogP contribution in [-0.4, -0.2) is 23.5 Å². The van der Waals surface area contributed by atoms with Crippen LogP contribution in [0.1, 0.15) is 65.2 Å². The van der Waals surface area contributed by atoms with Crippen molar-refractivity contribution in [2.75, 3.05) is 6.54 Å². The van der Waals surface area contributed by atoms with Crippen LogP contribution in [0.25, 0.3) is 0 Å². The highest BCUT2D eigenvalue weighted by atomic mass is 15.2. The standard InChI is InChI=1S/C16H28N2/c1-13(2)10-11-18(15-8-9-15)16-7-5-3-4-6-14(16)12-17/h13-16H,3-11H2,1-2H3. The lowest BCUT2D eigenvalue weighted by Crippen LogP contribution is -2.42. The van der Waals surface area contributed by atoms with E-state index in [0.717, 1.165) is 18.4 Å². The summed E-state index contributed by atoms with van der Waals surface area (Å²) in [6.07, 6.45) is 10.3. The predicted octanol–water partition coefficient (Wildman–Crippen LogP) is 3.97. The van der Waals surface area contributed by atoms with Crippen LogP contribution in [0.5, 0.6) is 0 Å². The highest BCUT2D eigenvalue weighted by molar-refractivity contribution is 4.99. The molecule has 2 rings (SSSR count). The summed E-state index contributed by atoms with van der Waals surface area (Å²) < 4.78 is 0. The lowest BCUT2D eigenvalue weighted by atomic mass is 9.94. The molecule has 18 heavy (non-hydrogen) atoms. The zero-order chi connectivity index (χ0) is 13.0. The molecule has 2 saturated carbocycles. The van der Waals surface area contributed by atoms with E-state index in [1.807, 2.05) is 0 Å². The zero-order valence-corrected chi connectivity index (χ0v) is 12.1. The molecule has 2 unspecified atom stereocenters. The van der Waals surface area contributed by atoms with Crippen molar-refractivity contribution in [3.8, 4) is 6.07 Å². The van der Waals surface area contributed by atoms with Crippen molar-refractivity contribution >= 4 is 0 Å². The zero-order valence-electron chi connectivity index (χ0n) is 12.1. The van der Waals surface area contributed by atoms with E-state index in [9.17, 15) is 5.26 Å². The van der Waals surface area contributed by atoms with Crippen LogP contribution in [0.3, 0.4) is 0 Å². The van der Waals surface area contributed by atoms with Gasteiger partial charge >= 0.3 is 0 Å². The molecule has 0 spiro atoms. The van der Waals surface area contributed by atoms with Gasteiger partial charge in [0.1, 0.15) is 0 Å². The Morgan fingerprint density at radius 2 is 1.83 bits per heavy atom. The second-order valence-electron chi connectivity index (χ2n) is 6.59. The van der Waals surface area contributed by atoms with Crippen molar-refractivity contribution in [1.82, 2.24) is 4.90 Å². The maximum Gasteiger partial charge on any atom is 0.0672 e. The van der Waals surface area contributed by atoms with Crippen LogP contribution >= 0.6 is 0 Å². The average Bonchev–Trinajstić information content (AvgIpc) is 3.15. The van der Waals surface area contributed by atoms with Gasteiger partial charge in [-0.05, 0) is 44.6 Å². The predicted molar refractivity (Wildman–Crippen MR) is 75.2 cm³/mol. The first-order valence-electron chi connectivity index (χ1n) is 7.87. The lowest BCUT2D eigenvalue weighted by Gasteiger charge is -2.34. The van der Waals surface area contributed by atoms with Crippen molar-refractivity contribution in [3.05, 3.63) is 0 Å². The molecule has 2 atom stereocenters. The highest BCUT2D eigenvalue weighted by Gasteiger charge is 2.37. The van der Waals surface area contributed by atoms with Gasteiger partial charge in [-0.2, -0.15) is 5.26 Å². The van der Waals surface area contributed by atoms with E-state index in [2.05, 4.69) is 24.8 Å². The Balaban J connectivity index is 2.00. The minimum absolute atomic E-state index is 0.292. The largest absolute Gasteiger partial charge is 0.296 e. The van der Waals surface area contributed by atoms with Gasteiger partial charge in [0.25, 0.3) is 0 Å². The molecule has 0 saturated heterocycles. The second kappa shape index (κ2) is 6.57. The SMILES string of the molecule is CC(C)CCN(C1CC1)C1CCCCCC1C#N. The number of nitriles is 1. The summed E-state index contributed by atoms with van der Waals surface area (Å²) >= 11 is 0. The molecule has 0 N–H and O–H groups in total. The van der Waals surface area contributed by atoms with Crippen LogP contribution < -0.4 is 0 Å². The lowest BCUT2D eigenvalue weighted by molar-refractivity contribution is 0.137. The van der Waals surface area contributed by atoms with Gasteiger partial charge in [-0.3, -0.25) is 4.90 Å². The molecular weight excluding hydrogens is 220 g/mol. The second-order valence-corrected chi connectivity index (χ2v) is 6.59. The summed E-state index contributed by atoms with van der Waals surface area (Å²) in [7, 11) is 0. The van der Waals surface area contributed by atoms with Crippen molar-refractivity contribution in [1.29, 1.82) is 5.26 Å². The molecule has 0 aliphatic heterocycles. The number of nitrogens with zero attached hydrogens (tertiary/aromatic N) is 2. The van der Waals surface area contributed by atoms with Crippen molar-refractivity contribution in [2.24, 2.45) is 11.8 Å². The molecule has 2 aliphatic carbocycles. The van der Waals surface area contributed by atoms with E-state index in [1.54, 1.807) is 0 Å². The fourth-order valence-electron chi connectivity index (χ4n) is 3.27. The van der Waals surface area contributed by atoms with E-state index in [1.165, 1.54) is 51.5 Å². The van der Waals surface area contributed by atoms with E-state index < -0.39 is 0 Å². The minimum Gasteiger partial charge on any atom is -0.296 e. The number of hydrogen-bond acceptors (Lipinski definition) is 2. The Hall–Kier alpha value is -0.550. The number of rotatable bonds is 5. The molecule has 0 aromatic carbocycles. The summed E-state index contributed by atoms with van der Waals surface area (Å²) in [5.74, 6) is 1.07. The first kappa shape index (κ1) is 13.9. The Morgan fingerprint density at radius 3 is 2.44 bits per heavy atom. The van der Waals surface area contributed by atoms with Gasteiger partial charge < -0.3 is 0 Å². The normalized spacial score (nSPS) is 29.3. The Morgan fingerprint density at radius 1 is 1.11 bits per heavy atom. The van der Waals surface area contributed by atoms with Crippen LogP contribution in [0.15, 0.2) is 0 Å². The average molecular weight is 248 g/mol. The van der Waals surface area contributed by atoms with Gasteiger partial charge in [-0.1, -0.05) is 33.1 Å². The van der Waals surface area contributed by atoms with Crippen LogP contribution in [0.4, 0.5) is 0 Å². The van der Waals surface area contributed by atoms with E-state index in [-0.39, 0.29) is 0 Å². The summed E-state index contributed by atoms with van der Waals surface area (Å²) in [4.78, 5) is 2.71. The van der Waals surface area contributed by atoms with E-state index in [4.69, 9.17) is 0 Å². The Labute approximate surface area is 112 Å². The first-order chi connectivity index (χ1) is 8.72. The van der Waals surface area contributed by atoms with Gasteiger partial charge in [-0.15, -0.1) is 0 Å². The van der Waals surface area contributed by atoms with Gasteiger partial charge in [0.05, 0.1) is 12.0 Å². The van der Waals surface area contributed by atoms with Crippen LogP contribution in [0.2, 0.25) is 0 Å². The van der Waals surface area contributed by atoms with Gasteiger partial charge in [-0.25, -0.2) is 0 Å². The summed E-state index contributed by atoms with van der Waals surface area (Å²) in [5, 5.41) is 9.44. The maximum atomic E-state index is 9.44. The van der Waals surface area contributed by atoms with Gasteiger partial charge in [0.2, 0.25) is 0 Å². The van der Waals surface area contributed by atoms with Crippen molar-refractivity contribution < 1.29 is 0 Å². The monoisotopic (exact) mass is 248 g/mol. The smallest absolute Gasteiger partial charge is 0.0672 e. The molecule has 0 aromatic heterocycles. The third-order valence-corrected chi connectivity index (χ3v) is 4.55. The quantitative estimate of drug-likeness (QED) is 0.688. The first-order valence-corrected chi connectivity index (χ1v) is 7.87. The molecule has 2 fully saturated rings. The molecule has 102 valence electrons. The fraction of sp³-hybridized carbons (Fsp3) is 0.938. The summed E-state index contributed by atoms with van der Waals surface area (Å²) in [5.41, 5.74) is 0. The molecular formula is C16H28N2. The minimum atomic E-state index is 0.292. The number of hydrogen-bond donors (Lipinski definition) is 0. The molecule has 2 heteroatoms. The third kappa shape index (κ3) is 3.72. The molecule has 2 nitrogen and oxygen atoms in total. The van der Waals surface area contributed by atoms with Crippen molar-refractivity contribution in [3.63, 3.8) is 0 Å². The Bertz CT molecular complexity index is 288. The molecule has 0 heterocycles. The van der Waals surface area contributed by atoms with E-state index in [0.29, 0.717) is 12.0 Å². The summed E-state index contributed by atoms with van der Waals surface area (Å²) in [6, 6.07) is 3.97. The van der Waals surface area contributed by atoms with Crippen molar-refractivity contribution in [2.45, 2.75) is 77.3 Å². The fourth-order valence-corrected chi connectivity index (χ4v) is 3.27. The highest BCUT2D eigenvalue weighted by Crippen LogP contribution is 2.35. The van der Waals surface area contributed by atoms with Crippen LogP contribution in [0, 0.1) is 23.2 Å². The third-order valence-electron chi connectivity index (χ3n) is 4.55. The Kier molecular flexibility index (Phi) is 5.06. The van der Waals surface area contributed by atoms with Gasteiger partial charge in [0.15, 0.2) is 0 Å².